The molecule has 0 saturated heterocycles. The van der Waals surface area contributed by atoms with Gasteiger partial charge in [-0.2, -0.15) is 0 Å². The van der Waals surface area contributed by atoms with Crippen LogP contribution in [0.1, 0.15) is 0 Å². The van der Waals surface area contributed by atoms with Gasteiger partial charge in [0, 0.05) is 25.8 Å². The van der Waals surface area contributed by atoms with Crippen molar-refractivity contribution < 1.29 is 5.48 Å². The van der Waals surface area contributed by atoms with Gasteiger partial charge in [-0.25, -0.2) is 0 Å². The fourth-order valence-electron chi connectivity index (χ4n) is 0. The topological polar surface area (TPSA) is 31.5 Å². The van der Waals surface area contributed by atoms with Gasteiger partial charge in [0.25, 0.3) is 0 Å². The van der Waals surface area contributed by atoms with Crippen LogP contribution in [0, 0.1) is 0 Å². The summed E-state index contributed by atoms with van der Waals surface area (Å²) in [6, 6.07) is 0. The number of rotatable bonds is 0. The van der Waals surface area contributed by atoms with Crippen LogP contribution in [0.3, 0.4) is 0 Å². The fourth-order valence-corrected chi connectivity index (χ4v) is 0. The van der Waals surface area contributed by atoms with Gasteiger partial charge in [-0.15, -0.1) is 37.2 Å². The van der Waals surface area contributed by atoms with Crippen molar-refractivity contribution in [3.05, 3.63) is 0 Å². The summed E-state index contributed by atoms with van der Waals surface area (Å²) >= 11 is 0. The van der Waals surface area contributed by atoms with Crippen LogP contribution in [-0.2, 0) is 0 Å². The van der Waals surface area contributed by atoms with E-state index in [1.165, 1.54) is 0 Å². The molecule has 0 aliphatic carbocycles. The summed E-state index contributed by atoms with van der Waals surface area (Å²) in [5.74, 6) is 0. The van der Waals surface area contributed by atoms with Gasteiger partial charge in [0.15, 0.2) is 0 Å². The minimum atomic E-state index is 0. The molecule has 0 unspecified atom stereocenters. The Morgan fingerprint density at radius 1 is 0.600 bits per heavy atom. The van der Waals surface area contributed by atoms with E-state index < -0.39 is 0 Å². The number of hydrogen-bond acceptors (Lipinski definition) is 0. The van der Waals surface area contributed by atoms with Crippen LogP contribution in [0.5, 0.6) is 0 Å². The van der Waals surface area contributed by atoms with Gasteiger partial charge in [-0.05, 0) is 0 Å². The third kappa shape index (κ3) is 27.0. The van der Waals surface area contributed by atoms with Crippen molar-refractivity contribution in [2.24, 2.45) is 0 Å². The Kier molecular flexibility index (Phi) is 656. The monoisotopic (exact) mass is 241 g/mol. The molecule has 35 valence electrons. The average molecular weight is 242 g/mol. The van der Waals surface area contributed by atoms with Crippen molar-refractivity contribution in [3.8, 4) is 0 Å². The van der Waals surface area contributed by atoms with E-state index in [2.05, 4.69) is 0 Å². The summed E-state index contributed by atoms with van der Waals surface area (Å²) in [5, 5.41) is 0. The van der Waals surface area contributed by atoms with E-state index in [4.69, 9.17) is 0 Å². The Bertz CT molecular complexity index is 6.85. The molecule has 0 aromatic carbocycles. The van der Waals surface area contributed by atoms with Crippen LogP contribution < -0.4 is 0 Å². The summed E-state index contributed by atoms with van der Waals surface area (Å²) in [6.07, 6.45) is 0. The van der Waals surface area contributed by atoms with Crippen LogP contribution >= 0.6 is 37.2 Å². The first kappa shape index (κ1) is 75.3. The molecule has 0 fully saturated rings. The van der Waals surface area contributed by atoms with E-state index in [-0.39, 0.29) is 68.5 Å². The molecule has 3 radical (unpaired) electrons. The van der Waals surface area contributed by atoms with Crippen molar-refractivity contribution in [1.29, 1.82) is 0 Å². The van der Waals surface area contributed by atoms with E-state index in [9.17, 15) is 0 Å². The molecule has 0 spiro atoms. The normalized spacial score (nSPS) is 0. The molecular weight excluding hydrogens is 237 g/mol. The summed E-state index contributed by atoms with van der Waals surface area (Å²) in [5.41, 5.74) is 0. The van der Waals surface area contributed by atoms with Crippen molar-refractivity contribution in [2.75, 3.05) is 0 Å². The zero-order valence-electron chi connectivity index (χ0n) is 2.30. The largest absolute Gasteiger partial charge is 0.412 e. The predicted octanol–water partition coefficient (Wildman–Crippen LogP) is 0.0599. The van der Waals surface area contributed by atoms with Gasteiger partial charge in [-0.1, -0.05) is 0 Å². The third-order valence-corrected chi connectivity index (χ3v) is 0. The van der Waals surface area contributed by atoms with Gasteiger partial charge in [-0.3, -0.25) is 0 Å². The van der Waals surface area contributed by atoms with Gasteiger partial charge < -0.3 is 5.48 Å². The molecule has 0 aromatic rings. The van der Waals surface area contributed by atoms with Crippen molar-refractivity contribution >= 4 is 63.1 Å². The quantitative estimate of drug-likeness (QED) is 0.575. The molecule has 0 saturated carbocycles. The van der Waals surface area contributed by atoms with E-state index >= 15 is 0 Å². The Labute approximate surface area is 68.2 Å². The fraction of sp³-hybridized carbons (Fsp3) is 0. The molecule has 2 N–H and O–H groups in total. The Morgan fingerprint density at radius 2 is 0.600 bits per heavy atom. The van der Waals surface area contributed by atoms with Crippen molar-refractivity contribution in [3.63, 3.8) is 0 Å². The zero-order chi connectivity index (χ0) is 0. The SMILES string of the molecule is Cl.Cl.Cl.O.[In]. The standard InChI is InChI=1S/3ClH.In.H2O/h3*1H;;1H2. The Morgan fingerprint density at radius 3 is 0.600 bits per heavy atom. The first-order valence-corrected chi connectivity index (χ1v) is 0. The average Bonchev–Trinajstić information content (AvgIpc) is 0. The van der Waals surface area contributed by atoms with Crippen LogP contribution in [-0.4, -0.2) is 31.3 Å². The maximum atomic E-state index is 0. The Balaban J connectivity index is 0. The number of hydrogen-bond donors (Lipinski definition) is 0. The second-order valence-corrected chi connectivity index (χ2v) is 0. The van der Waals surface area contributed by atoms with Crippen LogP contribution in [0.4, 0.5) is 0 Å². The van der Waals surface area contributed by atoms with E-state index in [0.29, 0.717) is 0 Å². The minimum absolute atomic E-state index is 0. The molecule has 5 heteroatoms. The van der Waals surface area contributed by atoms with Gasteiger partial charge >= 0.3 is 0 Å². The second-order valence-electron chi connectivity index (χ2n) is 0. The Hall–Kier alpha value is 1.70. The molecule has 5 heavy (non-hydrogen) atoms. The first-order chi connectivity index (χ1) is 0. The summed E-state index contributed by atoms with van der Waals surface area (Å²) < 4.78 is 0. The molecular formula is H5Cl3InO. The van der Waals surface area contributed by atoms with Crippen molar-refractivity contribution in [2.45, 2.75) is 0 Å². The van der Waals surface area contributed by atoms with Gasteiger partial charge in [0.2, 0.25) is 0 Å². The predicted molar refractivity (Wildman–Crippen MR) is 31.1 cm³/mol. The van der Waals surface area contributed by atoms with Crippen LogP contribution in [0.25, 0.3) is 0 Å². The van der Waals surface area contributed by atoms with Crippen molar-refractivity contribution in [1.82, 2.24) is 0 Å². The molecule has 0 bridgehead atoms. The zero-order valence-corrected chi connectivity index (χ0v) is 8.05. The summed E-state index contributed by atoms with van der Waals surface area (Å²) in [6.45, 7) is 0. The molecule has 0 aliphatic heterocycles. The minimum Gasteiger partial charge on any atom is -0.412 e. The smallest absolute Gasteiger partial charge is 0 e. The third-order valence-electron chi connectivity index (χ3n) is 0. The molecule has 0 aromatic heterocycles. The summed E-state index contributed by atoms with van der Waals surface area (Å²) in [7, 11) is 0. The molecule has 0 aliphatic rings. The summed E-state index contributed by atoms with van der Waals surface area (Å²) in [4.78, 5) is 0. The van der Waals surface area contributed by atoms with E-state index in [1.807, 2.05) is 0 Å². The van der Waals surface area contributed by atoms with Gasteiger partial charge in [0.1, 0.15) is 0 Å². The van der Waals surface area contributed by atoms with Crippen LogP contribution in [0.2, 0.25) is 0 Å². The molecule has 0 atom stereocenters. The van der Waals surface area contributed by atoms with Gasteiger partial charge in [0.05, 0.1) is 0 Å². The molecule has 0 rings (SSSR count). The van der Waals surface area contributed by atoms with E-state index in [0.717, 1.165) is 0 Å². The molecule has 0 amide bonds. The number of halogens is 3. The maximum absolute atomic E-state index is 0. The molecule has 1 nitrogen and oxygen atoms in total. The van der Waals surface area contributed by atoms with Crippen LogP contribution in [0.15, 0.2) is 0 Å². The first-order valence-electron chi connectivity index (χ1n) is 0. The second kappa shape index (κ2) is 43.6. The maximum Gasteiger partial charge on any atom is 0 e. The molecule has 0 heterocycles. The van der Waals surface area contributed by atoms with E-state index in [1.54, 1.807) is 0 Å².